The zero-order valence-corrected chi connectivity index (χ0v) is 15.3. The van der Waals surface area contributed by atoms with E-state index < -0.39 is 0 Å². The van der Waals surface area contributed by atoms with Gasteiger partial charge in [-0.2, -0.15) is 5.26 Å². The fraction of sp³-hybridized carbons (Fsp3) is 0.250. The second kappa shape index (κ2) is 8.79. The molecule has 2 aliphatic rings. The maximum Gasteiger partial charge on any atom is 0.166 e. The van der Waals surface area contributed by atoms with Crippen LogP contribution in [-0.2, 0) is 4.74 Å². The number of allylic oxidation sites excluding steroid dienone is 1. The van der Waals surface area contributed by atoms with E-state index in [0.29, 0.717) is 5.70 Å². The topological polar surface area (TPSA) is 72.7 Å². The minimum atomic E-state index is 0.0776. The van der Waals surface area contributed by atoms with Gasteiger partial charge in [0.05, 0.1) is 21.3 Å². The molecular formula is C20H22N2O4. The number of rotatable bonds is 6. The van der Waals surface area contributed by atoms with Crippen molar-refractivity contribution in [2.75, 3.05) is 33.8 Å². The van der Waals surface area contributed by atoms with Crippen LogP contribution >= 0.6 is 0 Å². The third kappa shape index (κ3) is 4.08. The van der Waals surface area contributed by atoms with Crippen LogP contribution < -0.4 is 19.5 Å². The summed E-state index contributed by atoms with van der Waals surface area (Å²) in [5, 5.41) is 11.3. The summed E-state index contributed by atoms with van der Waals surface area (Å²) in [5.74, 6) is 2.35. The van der Waals surface area contributed by atoms with Crippen LogP contribution in [0, 0.1) is 11.3 Å². The number of nitrogens with zero attached hydrogens (tertiary/aromatic N) is 1. The molecule has 0 saturated heterocycles. The van der Waals surface area contributed by atoms with Gasteiger partial charge in [0.15, 0.2) is 11.5 Å². The number of nitriles is 1. The van der Waals surface area contributed by atoms with Crippen molar-refractivity contribution in [1.82, 2.24) is 0 Å². The Labute approximate surface area is 153 Å². The highest BCUT2D eigenvalue weighted by atomic mass is 16.5. The smallest absolute Gasteiger partial charge is 0.166 e. The minimum Gasteiger partial charge on any atom is -0.497 e. The summed E-state index contributed by atoms with van der Waals surface area (Å²) in [5.41, 5.74) is 3.37. The van der Waals surface area contributed by atoms with Gasteiger partial charge in [-0.1, -0.05) is 6.58 Å². The summed E-state index contributed by atoms with van der Waals surface area (Å²) < 4.78 is 20.7. The molecule has 6 nitrogen and oxygen atoms in total. The molecule has 0 aliphatic heterocycles. The van der Waals surface area contributed by atoms with E-state index in [9.17, 15) is 0 Å². The number of hydrogen-bond donors (Lipinski definition) is 1. The van der Waals surface area contributed by atoms with Gasteiger partial charge in [0.25, 0.3) is 0 Å². The normalized spacial score (nSPS) is 13.3. The van der Waals surface area contributed by atoms with Gasteiger partial charge in [0.2, 0.25) is 0 Å². The molecule has 2 aliphatic carbocycles. The molecule has 0 heterocycles. The van der Waals surface area contributed by atoms with Crippen LogP contribution in [0.4, 0.5) is 5.69 Å². The molecule has 2 bridgehead atoms. The van der Waals surface area contributed by atoms with Gasteiger partial charge in [-0.15, -0.1) is 0 Å². The van der Waals surface area contributed by atoms with Gasteiger partial charge < -0.3 is 24.3 Å². The Morgan fingerprint density at radius 2 is 1.73 bits per heavy atom. The highest BCUT2D eigenvalue weighted by Crippen LogP contribution is 2.48. The highest BCUT2D eigenvalue weighted by molar-refractivity contribution is 5.59. The number of nitrogens with one attached hydrogen (secondary N) is 1. The van der Waals surface area contributed by atoms with Crippen molar-refractivity contribution < 1.29 is 18.9 Å². The monoisotopic (exact) mass is 354 g/mol. The van der Waals surface area contributed by atoms with Crippen molar-refractivity contribution in [2.45, 2.75) is 6.10 Å². The molecule has 6 heteroatoms. The van der Waals surface area contributed by atoms with Crippen molar-refractivity contribution in [3.05, 3.63) is 59.8 Å². The molecule has 1 atom stereocenters. The summed E-state index contributed by atoms with van der Waals surface area (Å²) in [4.78, 5) is 0. The number of ether oxygens (including phenoxy) is 4. The fourth-order valence-corrected chi connectivity index (χ4v) is 2.59. The predicted octanol–water partition coefficient (Wildman–Crippen LogP) is 3.90. The summed E-state index contributed by atoms with van der Waals surface area (Å²) in [6, 6.07) is 13.2. The summed E-state index contributed by atoms with van der Waals surface area (Å²) in [6.45, 7) is 3.51. The zero-order chi connectivity index (χ0) is 19.1. The van der Waals surface area contributed by atoms with Crippen LogP contribution in [0.25, 0.3) is 0 Å². The van der Waals surface area contributed by atoms with E-state index in [-0.39, 0.29) is 6.10 Å². The standard InChI is InChI=1S/C10H10N2O.C10H12O3/c1-8(7-11)12-9-3-5-10(13-2)6-4-9;1-11-8-5-6-4-7(9(6)12-2)10(8)13-3/h3-6,12H,1H2,2H3;4-5,9H,1-3H3. The lowest BCUT2D eigenvalue weighted by atomic mass is 9.88. The predicted molar refractivity (Wildman–Crippen MR) is 99.8 cm³/mol. The Kier molecular flexibility index (Phi) is 6.48. The maximum absolute atomic E-state index is 8.46. The van der Waals surface area contributed by atoms with E-state index in [1.54, 1.807) is 28.4 Å². The molecule has 0 saturated carbocycles. The van der Waals surface area contributed by atoms with Crippen molar-refractivity contribution >= 4 is 5.69 Å². The Morgan fingerprint density at radius 1 is 1.04 bits per heavy atom. The van der Waals surface area contributed by atoms with Crippen LogP contribution in [0.2, 0.25) is 0 Å². The third-order valence-corrected chi connectivity index (χ3v) is 3.87. The quantitative estimate of drug-likeness (QED) is 0.793. The third-order valence-electron chi connectivity index (χ3n) is 3.87. The molecule has 136 valence electrons. The molecule has 2 aromatic carbocycles. The summed E-state index contributed by atoms with van der Waals surface area (Å²) in [6.07, 6.45) is 0.0776. The molecule has 4 rings (SSSR count). The molecule has 0 aromatic heterocycles. The molecule has 0 spiro atoms. The van der Waals surface area contributed by atoms with Crippen LogP contribution in [-0.4, -0.2) is 28.4 Å². The fourth-order valence-electron chi connectivity index (χ4n) is 2.59. The van der Waals surface area contributed by atoms with Crippen molar-refractivity contribution in [2.24, 2.45) is 0 Å². The molecule has 26 heavy (non-hydrogen) atoms. The van der Waals surface area contributed by atoms with Crippen molar-refractivity contribution in [3.8, 4) is 23.3 Å². The largest absolute Gasteiger partial charge is 0.497 e. The average molecular weight is 354 g/mol. The van der Waals surface area contributed by atoms with Crippen molar-refractivity contribution in [1.29, 1.82) is 5.26 Å². The number of benzene rings is 2. The first kappa shape index (κ1) is 19.2. The van der Waals surface area contributed by atoms with Crippen molar-refractivity contribution in [3.63, 3.8) is 0 Å². The Balaban J connectivity index is 0.000000187. The zero-order valence-electron chi connectivity index (χ0n) is 15.3. The first-order valence-corrected chi connectivity index (χ1v) is 7.86. The van der Waals surface area contributed by atoms with Gasteiger partial charge in [0, 0.05) is 18.4 Å². The van der Waals surface area contributed by atoms with E-state index >= 15 is 0 Å². The van der Waals surface area contributed by atoms with E-state index in [0.717, 1.165) is 34.1 Å². The Hall–Kier alpha value is -3.17. The maximum atomic E-state index is 8.46. The molecular weight excluding hydrogens is 332 g/mol. The molecule has 0 fully saturated rings. The summed E-state index contributed by atoms with van der Waals surface area (Å²) >= 11 is 0. The highest BCUT2D eigenvalue weighted by Gasteiger charge is 2.31. The lowest BCUT2D eigenvalue weighted by molar-refractivity contribution is 0.121. The first-order chi connectivity index (χ1) is 12.6. The van der Waals surface area contributed by atoms with E-state index in [1.165, 1.54) is 0 Å². The van der Waals surface area contributed by atoms with Crippen LogP contribution in [0.15, 0.2) is 48.7 Å². The second-order valence-electron chi connectivity index (χ2n) is 5.41. The number of hydrogen-bond acceptors (Lipinski definition) is 6. The Morgan fingerprint density at radius 3 is 2.23 bits per heavy atom. The van der Waals surface area contributed by atoms with Gasteiger partial charge in [-0.25, -0.2) is 0 Å². The number of anilines is 1. The van der Waals surface area contributed by atoms with E-state index in [4.69, 9.17) is 24.2 Å². The molecule has 1 unspecified atom stereocenters. The van der Waals surface area contributed by atoms with Gasteiger partial charge in [-0.05, 0) is 42.0 Å². The average Bonchev–Trinajstić information content (AvgIpc) is 2.68. The Bertz CT molecular complexity index is 810. The SMILES string of the molecule is C=C(C#N)Nc1ccc(OC)cc1.COc1cc2cc(c1OC)C2OC. The van der Waals surface area contributed by atoms with Crippen LogP contribution in [0.3, 0.4) is 0 Å². The van der Waals surface area contributed by atoms with E-state index in [2.05, 4.69) is 18.0 Å². The number of methoxy groups -OCH3 is 4. The lowest BCUT2D eigenvalue weighted by Crippen LogP contribution is -2.15. The molecule has 1 N–H and O–H groups in total. The summed E-state index contributed by atoms with van der Waals surface area (Å²) in [7, 11) is 6.57. The molecule has 0 amide bonds. The molecule has 2 aromatic rings. The second-order valence-corrected chi connectivity index (χ2v) is 5.41. The molecule has 0 radical (unpaired) electrons. The first-order valence-electron chi connectivity index (χ1n) is 7.86. The lowest BCUT2D eigenvalue weighted by Gasteiger charge is -2.29. The van der Waals surface area contributed by atoms with Gasteiger partial charge in [-0.3, -0.25) is 0 Å². The van der Waals surface area contributed by atoms with E-state index in [1.807, 2.05) is 36.4 Å². The van der Waals surface area contributed by atoms with Gasteiger partial charge in [0.1, 0.15) is 23.6 Å². The van der Waals surface area contributed by atoms with Crippen LogP contribution in [0.5, 0.6) is 17.2 Å². The minimum absolute atomic E-state index is 0.0776. The van der Waals surface area contributed by atoms with Crippen LogP contribution in [0.1, 0.15) is 17.2 Å². The number of fused-ring (bicyclic) bond motifs is 2. The van der Waals surface area contributed by atoms with Gasteiger partial charge >= 0.3 is 0 Å².